The summed E-state index contributed by atoms with van der Waals surface area (Å²) in [5.41, 5.74) is 3.14. The molecule has 0 atom stereocenters. The minimum absolute atomic E-state index is 0.183. The topological polar surface area (TPSA) is 81.3 Å². The summed E-state index contributed by atoms with van der Waals surface area (Å²) in [4.78, 5) is 25.0. The van der Waals surface area contributed by atoms with E-state index in [4.69, 9.17) is 0 Å². The number of fused-ring (bicyclic) bond motifs is 1. The van der Waals surface area contributed by atoms with Crippen LogP contribution in [-0.4, -0.2) is 25.3 Å². The molecule has 4 aromatic rings. The van der Waals surface area contributed by atoms with Gasteiger partial charge in [-0.1, -0.05) is 17.7 Å². The maximum Gasteiger partial charge on any atom is 0.293 e. The Morgan fingerprint density at radius 3 is 2.67 bits per heavy atom. The quantitative estimate of drug-likeness (QED) is 0.562. The summed E-state index contributed by atoms with van der Waals surface area (Å²) < 4.78 is 29.0. The predicted molar refractivity (Wildman–Crippen MR) is 107 cm³/mol. The molecule has 0 radical (unpaired) electrons. The second kappa shape index (κ2) is 7.51. The predicted octanol–water partition coefficient (Wildman–Crippen LogP) is 3.09. The maximum absolute atomic E-state index is 13.7. The largest absolute Gasteiger partial charge is 0.322 e. The highest BCUT2D eigenvalue weighted by atomic mass is 19.1. The molecule has 30 heavy (non-hydrogen) atoms. The van der Waals surface area contributed by atoms with Gasteiger partial charge in [0.25, 0.3) is 5.56 Å². The van der Waals surface area contributed by atoms with E-state index in [2.05, 4.69) is 15.5 Å². The number of hydrogen-bond acceptors (Lipinski definition) is 4. The molecule has 152 valence electrons. The van der Waals surface area contributed by atoms with Gasteiger partial charge < -0.3 is 5.32 Å². The van der Waals surface area contributed by atoms with Gasteiger partial charge in [-0.15, -0.1) is 0 Å². The lowest BCUT2D eigenvalue weighted by Gasteiger charge is -2.07. The van der Waals surface area contributed by atoms with Crippen LogP contribution in [0, 0.1) is 25.5 Å². The number of carbonyl (C=O) groups excluding carboxylic acids is 1. The van der Waals surface area contributed by atoms with Gasteiger partial charge in [-0.25, -0.2) is 18.0 Å². The Kier molecular flexibility index (Phi) is 4.86. The Labute approximate surface area is 169 Å². The lowest BCUT2D eigenvalue weighted by atomic mass is 10.0. The number of benzene rings is 2. The first-order valence-electron chi connectivity index (χ1n) is 9.10. The van der Waals surface area contributed by atoms with Crippen LogP contribution < -0.4 is 10.9 Å². The fourth-order valence-corrected chi connectivity index (χ4v) is 3.11. The number of aromatic nitrogens is 4. The van der Waals surface area contributed by atoms with Gasteiger partial charge in [0.1, 0.15) is 30.0 Å². The normalized spacial score (nSPS) is 11.1. The number of nitrogens with one attached hydrogen (secondary N) is 1. The average molecular weight is 409 g/mol. The molecule has 0 saturated carbocycles. The van der Waals surface area contributed by atoms with Crippen LogP contribution >= 0.6 is 0 Å². The van der Waals surface area contributed by atoms with E-state index in [1.165, 1.54) is 10.8 Å². The number of carbonyl (C=O) groups is 1. The molecule has 9 heteroatoms. The molecule has 4 rings (SSSR count). The number of rotatable bonds is 4. The van der Waals surface area contributed by atoms with Crippen molar-refractivity contribution in [3.63, 3.8) is 0 Å². The van der Waals surface area contributed by atoms with Crippen molar-refractivity contribution in [3.8, 4) is 11.3 Å². The fraction of sp³-hybridized carbons (Fsp3) is 0.143. The van der Waals surface area contributed by atoms with Crippen LogP contribution in [0.2, 0.25) is 0 Å². The van der Waals surface area contributed by atoms with Crippen molar-refractivity contribution in [3.05, 3.63) is 81.9 Å². The molecule has 0 fully saturated rings. The summed E-state index contributed by atoms with van der Waals surface area (Å²) in [6, 6.07) is 10.4. The molecule has 0 unspecified atom stereocenters. The minimum atomic E-state index is -0.909. The third-order valence-electron chi connectivity index (χ3n) is 4.66. The van der Waals surface area contributed by atoms with Gasteiger partial charge in [0.15, 0.2) is 0 Å². The van der Waals surface area contributed by atoms with Crippen molar-refractivity contribution in [2.75, 3.05) is 5.32 Å². The summed E-state index contributed by atoms with van der Waals surface area (Å²) in [6.07, 6.45) is 1.33. The van der Waals surface area contributed by atoms with Gasteiger partial charge in [-0.2, -0.15) is 10.2 Å². The number of amides is 1. The summed E-state index contributed by atoms with van der Waals surface area (Å²) in [6.45, 7) is 3.49. The summed E-state index contributed by atoms with van der Waals surface area (Å²) in [7, 11) is 0. The van der Waals surface area contributed by atoms with E-state index in [0.29, 0.717) is 11.8 Å². The number of anilines is 1. The van der Waals surface area contributed by atoms with Gasteiger partial charge >= 0.3 is 0 Å². The Morgan fingerprint density at radius 1 is 1.10 bits per heavy atom. The van der Waals surface area contributed by atoms with Gasteiger partial charge in [-0.3, -0.25) is 9.59 Å². The lowest BCUT2D eigenvalue weighted by Crippen LogP contribution is -2.30. The van der Waals surface area contributed by atoms with Gasteiger partial charge in [0, 0.05) is 11.6 Å². The molecule has 0 aliphatic carbocycles. The van der Waals surface area contributed by atoms with Crippen molar-refractivity contribution >= 4 is 17.1 Å². The number of nitrogens with zero attached hydrogens (tertiary/aromatic N) is 4. The van der Waals surface area contributed by atoms with E-state index in [1.54, 1.807) is 6.07 Å². The number of hydrogen-bond donors (Lipinski definition) is 1. The Hall–Kier alpha value is -3.88. The van der Waals surface area contributed by atoms with Gasteiger partial charge in [0.2, 0.25) is 5.91 Å². The van der Waals surface area contributed by atoms with Crippen LogP contribution in [0.1, 0.15) is 11.1 Å². The molecule has 1 N–H and O–H groups in total. The maximum atomic E-state index is 13.7. The lowest BCUT2D eigenvalue weighted by molar-refractivity contribution is -0.117. The zero-order valence-electron chi connectivity index (χ0n) is 16.2. The third kappa shape index (κ3) is 3.69. The monoisotopic (exact) mass is 409 g/mol. The van der Waals surface area contributed by atoms with Crippen molar-refractivity contribution < 1.29 is 13.6 Å². The molecular weight excluding hydrogens is 392 g/mol. The SMILES string of the molecule is Cc1ccc(C)c(-c2cc3c(=O)n(CC(=O)Nc4ccc(F)cc4F)ncn3n2)c1. The molecule has 0 saturated heterocycles. The molecule has 2 aromatic carbocycles. The molecule has 0 aliphatic rings. The molecule has 1 amide bonds. The van der Waals surface area contributed by atoms with E-state index < -0.39 is 29.6 Å². The van der Waals surface area contributed by atoms with Crippen molar-refractivity contribution in [2.45, 2.75) is 20.4 Å². The van der Waals surface area contributed by atoms with E-state index in [9.17, 15) is 18.4 Å². The van der Waals surface area contributed by atoms with Crippen molar-refractivity contribution in [1.82, 2.24) is 19.4 Å². The smallest absolute Gasteiger partial charge is 0.293 e. The van der Waals surface area contributed by atoms with Crippen LogP contribution in [0.25, 0.3) is 16.8 Å². The van der Waals surface area contributed by atoms with Crippen LogP contribution in [0.15, 0.2) is 53.6 Å². The van der Waals surface area contributed by atoms with E-state index in [0.717, 1.165) is 33.5 Å². The van der Waals surface area contributed by atoms with Crippen LogP contribution in [0.3, 0.4) is 0 Å². The van der Waals surface area contributed by atoms with Gasteiger partial charge in [0.05, 0.1) is 11.4 Å². The Balaban J connectivity index is 1.62. The Bertz CT molecular complexity index is 1340. The minimum Gasteiger partial charge on any atom is -0.322 e. The van der Waals surface area contributed by atoms with E-state index in [1.807, 2.05) is 32.0 Å². The molecule has 0 aliphatic heterocycles. The number of halogens is 2. The highest BCUT2D eigenvalue weighted by Crippen LogP contribution is 2.23. The van der Waals surface area contributed by atoms with Crippen molar-refractivity contribution in [2.24, 2.45) is 0 Å². The zero-order chi connectivity index (χ0) is 21.4. The summed E-state index contributed by atoms with van der Waals surface area (Å²) >= 11 is 0. The van der Waals surface area contributed by atoms with E-state index >= 15 is 0 Å². The first kappa shape index (κ1) is 19.4. The number of aryl methyl sites for hydroxylation is 2. The van der Waals surface area contributed by atoms with Crippen LogP contribution in [0.5, 0.6) is 0 Å². The third-order valence-corrected chi connectivity index (χ3v) is 4.66. The average Bonchev–Trinajstić information content (AvgIpc) is 3.13. The van der Waals surface area contributed by atoms with Crippen LogP contribution in [-0.2, 0) is 11.3 Å². The van der Waals surface area contributed by atoms with Crippen LogP contribution in [0.4, 0.5) is 14.5 Å². The first-order valence-corrected chi connectivity index (χ1v) is 9.10. The summed E-state index contributed by atoms with van der Waals surface area (Å²) in [5.74, 6) is -2.34. The van der Waals surface area contributed by atoms with Crippen molar-refractivity contribution in [1.29, 1.82) is 0 Å². The zero-order valence-corrected chi connectivity index (χ0v) is 16.2. The second-order valence-electron chi connectivity index (χ2n) is 6.94. The molecule has 0 spiro atoms. The van der Waals surface area contributed by atoms with Gasteiger partial charge in [-0.05, 0) is 43.7 Å². The second-order valence-corrected chi connectivity index (χ2v) is 6.94. The summed E-state index contributed by atoms with van der Waals surface area (Å²) in [5, 5.41) is 10.7. The first-order chi connectivity index (χ1) is 14.3. The molecule has 2 aromatic heterocycles. The Morgan fingerprint density at radius 2 is 1.90 bits per heavy atom. The highest BCUT2D eigenvalue weighted by molar-refractivity contribution is 5.90. The van der Waals surface area contributed by atoms with E-state index in [-0.39, 0.29) is 11.2 Å². The standard InChI is InChI=1S/C21H17F2N5O2/c1-12-3-4-13(2)15(7-12)18-9-19-21(30)27(24-11-28(19)26-18)10-20(29)25-17-6-5-14(22)8-16(17)23/h3-9,11H,10H2,1-2H3,(H,25,29). The fourth-order valence-electron chi connectivity index (χ4n) is 3.11. The molecule has 0 bridgehead atoms. The molecule has 7 nitrogen and oxygen atoms in total. The molecular formula is C21H17F2N5O2. The highest BCUT2D eigenvalue weighted by Gasteiger charge is 2.14. The molecule has 2 heterocycles.